The summed E-state index contributed by atoms with van der Waals surface area (Å²) in [7, 11) is 4.33. The Kier molecular flexibility index (Phi) is 4.53. The van der Waals surface area contributed by atoms with Crippen LogP contribution in [0.4, 0.5) is 5.95 Å². The van der Waals surface area contributed by atoms with Crippen molar-refractivity contribution in [3.05, 3.63) is 24.0 Å². The van der Waals surface area contributed by atoms with Crippen LogP contribution in [0, 0.1) is 6.92 Å². The van der Waals surface area contributed by atoms with Gasteiger partial charge in [0, 0.05) is 23.8 Å². The van der Waals surface area contributed by atoms with E-state index in [1.165, 1.54) is 25.7 Å². The molecular weight excluding hydrogens is 236 g/mol. The number of rotatable bonds is 4. The average Bonchev–Trinajstić information content (AvgIpc) is 2.39. The van der Waals surface area contributed by atoms with E-state index in [-0.39, 0.29) is 0 Å². The molecule has 104 valence electrons. The molecule has 0 aliphatic heterocycles. The quantitative estimate of drug-likeness (QED) is 0.903. The minimum absolute atomic E-state index is 0.505. The van der Waals surface area contributed by atoms with Gasteiger partial charge in [0.15, 0.2) is 0 Å². The lowest BCUT2D eigenvalue weighted by molar-refractivity contribution is 0.221. The largest absolute Gasteiger partial charge is 0.351 e. The highest BCUT2D eigenvalue weighted by molar-refractivity contribution is 5.49. The molecule has 0 spiro atoms. The number of nitrogens with zero attached hydrogens (tertiary/aromatic N) is 3. The molecule has 0 atom stereocenters. The van der Waals surface area contributed by atoms with Crippen LogP contribution in [0.3, 0.4) is 0 Å². The molecule has 19 heavy (non-hydrogen) atoms. The van der Waals surface area contributed by atoms with Gasteiger partial charge in [-0.25, -0.2) is 9.97 Å². The van der Waals surface area contributed by atoms with Crippen LogP contribution in [0.1, 0.15) is 36.9 Å². The predicted octanol–water partition coefficient (Wildman–Crippen LogP) is 2.71. The van der Waals surface area contributed by atoms with Crippen molar-refractivity contribution >= 4 is 12.0 Å². The third kappa shape index (κ3) is 3.53. The van der Waals surface area contributed by atoms with Gasteiger partial charge in [0.25, 0.3) is 0 Å². The summed E-state index contributed by atoms with van der Waals surface area (Å²) in [6, 6.07) is 1.23. The van der Waals surface area contributed by atoms with Crippen molar-refractivity contribution in [2.45, 2.75) is 44.7 Å². The van der Waals surface area contributed by atoms with Crippen molar-refractivity contribution in [1.82, 2.24) is 14.9 Å². The van der Waals surface area contributed by atoms with Crippen molar-refractivity contribution < 1.29 is 0 Å². The van der Waals surface area contributed by atoms with Crippen LogP contribution in [0.2, 0.25) is 0 Å². The van der Waals surface area contributed by atoms with E-state index in [1.807, 2.05) is 13.1 Å². The van der Waals surface area contributed by atoms with Crippen LogP contribution in [-0.4, -0.2) is 41.0 Å². The molecule has 0 bridgehead atoms. The Labute approximate surface area is 115 Å². The van der Waals surface area contributed by atoms with E-state index < -0.39 is 0 Å². The van der Waals surface area contributed by atoms with E-state index in [0.29, 0.717) is 6.04 Å². The lowest BCUT2D eigenvalue weighted by atomic mass is 9.91. The van der Waals surface area contributed by atoms with Crippen LogP contribution in [-0.2, 0) is 0 Å². The number of anilines is 1. The summed E-state index contributed by atoms with van der Waals surface area (Å²) < 4.78 is 0. The molecule has 4 nitrogen and oxygen atoms in total. The molecule has 1 aliphatic carbocycles. The van der Waals surface area contributed by atoms with Gasteiger partial charge < -0.3 is 10.2 Å². The minimum Gasteiger partial charge on any atom is -0.351 e. The fourth-order valence-corrected chi connectivity index (χ4v) is 2.67. The van der Waals surface area contributed by atoms with Crippen molar-refractivity contribution in [1.29, 1.82) is 0 Å². The monoisotopic (exact) mass is 260 g/mol. The molecule has 1 fully saturated rings. The van der Waals surface area contributed by atoms with Gasteiger partial charge in [0.1, 0.15) is 0 Å². The standard InChI is InChI=1S/C15H24N4/c1-5-12-10-16-15(17-11(12)2)18-13-6-8-14(9-7-13)19(3)4/h5,10,13-14H,1,6-9H2,2-4H3,(H,16,17,18). The summed E-state index contributed by atoms with van der Waals surface area (Å²) >= 11 is 0. The first-order valence-corrected chi connectivity index (χ1v) is 6.99. The van der Waals surface area contributed by atoms with E-state index in [0.717, 1.165) is 23.2 Å². The second-order valence-electron chi connectivity index (χ2n) is 5.55. The highest BCUT2D eigenvalue weighted by atomic mass is 15.1. The van der Waals surface area contributed by atoms with Crippen LogP contribution in [0.25, 0.3) is 6.08 Å². The molecule has 1 aromatic heterocycles. The van der Waals surface area contributed by atoms with Gasteiger partial charge >= 0.3 is 0 Å². The van der Waals surface area contributed by atoms with Gasteiger partial charge in [0.2, 0.25) is 5.95 Å². The first-order valence-electron chi connectivity index (χ1n) is 6.99. The Balaban J connectivity index is 1.92. The lowest BCUT2D eigenvalue weighted by Gasteiger charge is -2.32. The average molecular weight is 260 g/mol. The first kappa shape index (κ1) is 14.0. The highest BCUT2D eigenvalue weighted by Crippen LogP contribution is 2.23. The topological polar surface area (TPSA) is 41.1 Å². The normalized spacial score (nSPS) is 23.4. The predicted molar refractivity (Wildman–Crippen MR) is 80.2 cm³/mol. The molecule has 0 radical (unpaired) electrons. The molecule has 0 unspecified atom stereocenters. The fraction of sp³-hybridized carbons (Fsp3) is 0.600. The molecule has 1 N–H and O–H groups in total. The molecule has 4 heteroatoms. The number of aromatic nitrogens is 2. The summed E-state index contributed by atoms with van der Waals surface area (Å²) in [4.78, 5) is 11.2. The van der Waals surface area contributed by atoms with Gasteiger partial charge in [-0.2, -0.15) is 0 Å². The minimum atomic E-state index is 0.505. The number of aryl methyl sites for hydroxylation is 1. The third-order valence-electron chi connectivity index (χ3n) is 4.00. The maximum absolute atomic E-state index is 4.49. The summed E-state index contributed by atoms with van der Waals surface area (Å²) in [5.74, 6) is 0.747. The Morgan fingerprint density at radius 2 is 2.00 bits per heavy atom. The fourth-order valence-electron chi connectivity index (χ4n) is 2.67. The van der Waals surface area contributed by atoms with Crippen molar-refractivity contribution in [2.24, 2.45) is 0 Å². The van der Waals surface area contributed by atoms with Gasteiger partial charge in [-0.15, -0.1) is 0 Å². The zero-order valence-electron chi connectivity index (χ0n) is 12.2. The summed E-state index contributed by atoms with van der Waals surface area (Å²) in [6.45, 7) is 5.75. The number of nitrogens with one attached hydrogen (secondary N) is 1. The summed E-state index contributed by atoms with van der Waals surface area (Å²) in [5, 5.41) is 3.46. The first-order chi connectivity index (χ1) is 9.10. The molecule has 1 heterocycles. The van der Waals surface area contributed by atoms with E-state index in [2.05, 4.69) is 40.9 Å². The summed E-state index contributed by atoms with van der Waals surface area (Å²) in [5.41, 5.74) is 1.98. The Hall–Kier alpha value is -1.42. The van der Waals surface area contributed by atoms with E-state index in [1.54, 1.807) is 6.08 Å². The zero-order valence-corrected chi connectivity index (χ0v) is 12.2. The maximum atomic E-state index is 4.49. The van der Waals surface area contributed by atoms with Crippen molar-refractivity contribution in [3.63, 3.8) is 0 Å². The maximum Gasteiger partial charge on any atom is 0.223 e. The molecule has 1 aromatic rings. The Morgan fingerprint density at radius 3 is 2.53 bits per heavy atom. The van der Waals surface area contributed by atoms with Crippen LogP contribution >= 0.6 is 0 Å². The zero-order chi connectivity index (χ0) is 13.8. The van der Waals surface area contributed by atoms with E-state index in [9.17, 15) is 0 Å². The van der Waals surface area contributed by atoms with Crippen LogP contribution in [0.15, 0.2) is 12.8 Å². The van der Waals surface area contributed by atoms with E-state index in [4.69, 9.17) is 0 Å². The SMILES string of the molecule is C=Cc1cnc(NC2CCC(N(C)C)CC2)nc1C. The van der Waals surface area contributed by atoms with Gasteiger partial charge in [-0.3, -0.25) is 0 Å². The second kappa shape index (κ2) is 6.15. The number of hydrogen-bond donors (Lipinski definition) is 1. The third-order valence-corrected chi connectivity index (χ3v) is 4.00. The Bertz CT molecular complexity index is 434. The lowest BCUT2D eigenvalue weighted by Crippen LogP contribution is -2.36. The van der Waals surface area contributed by atoms with Gasteiger partial charge in [-0.1, -0.05) is 12.7 Å². The van der Waals surface area contributed by atoms with E-state index >= 15 is 0 Å². The Morgan fingerprint density at radius 1 is 1.32 bits per heavy atom. The summed E-state index contributed by atoms with van der Waals surface area (Å²) in [6.07, 6.45) is 8.50. The molecule has 1 aliphatic rings. The van der Waals surface area contributed by atoms with Gasteiger partial charge in [-0.05, 0) is 46.7 Å². The van der Waals surface area contributed by atoms with Gasteiger partial charge in [0.05, 0.1) is 5.69 Å². The van der Waals surface area contributed by atoms with Crippen LogP contribution in [0.5, 0.6) is 0 Å². The highest BCUT2D eigenvalue weighted by Gasteiger charge is 2.22. The number of hydrogen-bond acceptors (Lipinski definition) is 4. The smallest absolute Gasteiger partial charge is 0.223 e. The molecule has 0 saturated heterocycles. The molecule has 1 saturated carbocycles. The second-order valence-corrected chi connectivity index (χ2v) is 5.55. The molecular formula is C15H24N4. The van der Waals surface area contributed by atoms with Crippen molar-refractivity contribution in [2.75, 3.05) is 19.4 Å². The molecule has 0 amide bonds. The molecule has 2 rings (SSSR count). The van der Waals surface area contributed by atoms with Crippen molar-refractivity contribution in [3.8, 4) is 0 Å². The molecule has 0 aromatic carbocycles. The van der Waals surface area contributed by atoms with Crippen LogP contribution < -0.4 is 5.32 Å².